The molecule has 10 heteroatoms. The van der Waals surface area contributed by atoms with Crippen molar-refractivity contribution in [1.29, 1.82) is 5.26 Å². The molecule has 5 rings (SSSR count). The van der Waals surface area contributed by atoms with Gasteiger partial charge in [0, 0.05) is 56.4 Å². The molecule has 0 spiro atoms. The van der Waals surface area contributed by atoms with Crippen LogP contribution in [-0.4, -0.2) is 71.7 Å². The highest BCUT2D eigenvalue weighted by Crippen LogP contribution is 2.24. The van der Waals surface area contributed by atoms with Crippen molar-refractivity contribution in [2.45, 2.75) is 38.8 Å². The molecule has 44 heavy (non-hydrogen) atoms. The van der Waals surface area contributed by atoms with Gasteiger partial charge in [-0.05, 0) is 79.3 Å². The van der Waals surface area contributed by atoms with Crippen molar-refractivity contribution in [3.05, 3.63) is 94.6 Å². The molecule has 3 heterocycles. The number of nitriles is 1. The molecule has 2 aliphatic rings. The summed E-state index contributed by atoms with van der Waals surface area (Å²) < 4.78 is 19.2. The average molecular weight is 598 g/mol. The molecule has 9 nitrogen and oxygen atoms in total. The van der Waals surface area contributed by atoms with Crippen LogP contribution >= 0.6 is 0 Å². The Morgan fingerprint density at radius 1 is 1.02 bits per heavy atom. The summed E-state index contributed by atoms with van der Waals surface area (Å²) in [6, 6.07) is 16.8. The third-order valence-corrected chi connectivity index (χ3v) is 8.64. The average Bonchev–Trinajstić information content (AvgIpc) is 3.05. The zero-order valence-electron chi connectivity index (χ0n) is 25.0. The molecule has 2 atom stereocenters. The van der Waals surface area contributed by atoms with Crippen LogP contribution in [0.3, 0.4) is 0 Å². The quantitative estimate of drug-likeness (QED) is 0.381. The number of nitrogens with one attached hydrogen (secondary N) is 1. The van der Waals surface area contributed by atoms with Gasteiger partial charge in [0.1, 0.15) is 23.3 Å². The molecule has 2 fully saturated rings. The predicted octanol–water partition coefficient (Wildman–Crippen LogP) is 4.48. The first-order valence-electron chi connectivity index (χ1n) is 14.9. The summed E-state index contributed by atoms with van der Waals surface area (Å²) in [5.41, 5.74) is 2.14. The third kappa shape index (κ3) is 7.12. The van der Waals surface area contributed by atoms with Gasteiger partial charge in [-0.3, -0.25) is 24.3 Å². The lowest BCUT2D eigenvalue weighted by Gasteiger charge is -2.37. The molecule has 0 radical (unpaired) electrons. The predicted molar refractivity (Wildman–Crippen MR) is 162 cm³/mol. The van der Waals surface area contributed by atoms with Crippen LogP contribution in [0.4, 0.5) is 4.39 Å². The van der Waals surface area contributed by atoms with E-state index in [1.807, 2.05) is 6.07 Å². The van der Waals surface area contributed by atoms with Crippen LogP contribution in [0.25, 0.3) is 0 Å². The lowest BCUT2D eigenvalue weighted by Crippen LogP contribution is -2.49. The summed E-state index contributed by atoms with van der Waals surface area (Å²) in [7, 11) is 1.58. The molecule has 2 saturated heterocycles. The maximum absolute atomic E-state index is 14.0. The van der Waals surface area contributed by atoms with E-state index in [2.05, 4.69) is 22.1 Å². The van der Waals surface area contributed by atoms with Crippen LogP contribution in [0.2, 0.25) is 0 Å². The number of piperidine rings is 2. The van der Waals surface area contributed by atoms with Crippen molar-refractivity contribution in [2.24, 2.45) is 11.8 Å². The van der Waals surface area contributed by atoms with Gasteiger partial charge in [-0.25, -0.2) is 4.39 Å². The minimum atomic E-state index is -0.511. The van der Waals surface area contributed by atoms with E-state index in [1.165, 1.54) is 18.3 Å². The Kier molecular flexibility index (Phi) is 9.65. The minimum absolute atomic E-state index is 0.0281. The number of carbonyl (C=O) groups is 3. The number of rotatable bonds is 8. The molecule has 1 aromatic heterocycles. The second-order valence-electron chi connectivity index (χ2n) is 11.6. The van der Waals surface area contributed by atoms with Gasteiger partial charge in [0.2, 0.25) is 0 Å². The van der Waals surface area contributed by atoms with Gasteiger partial charge in [0.15, 0.2) is 5.78 Å². The highest BCUT2D eigenvalue weighted by molar-refractivity contribution is 5.99. The number of ether oxygens (including phenoxy) is 1. The van der Waals surface area contributed by atoms with E-state index >= 15 is 0 Å². The van der Waals surface area contributed by atoms with Gasteiger partial charge in [0.05, 0.1) is 18.2 Å². The van der Waals surface area contributed by atoms with Crippen molar-refractivity contribution < 1.29 is 23.5 Å². The van der Waals surface area contributed by atoms with E-state index in [1.54, 1.807) is 54.5 Å². The minimum Gasteiger partial charge on any atom is -0.497 e. The number of amides is 2. The molecule has 0 aliphatic carbocycles. The van der Waals surface area contributed by atoms with E-state index in [0.717, 1.165) is 25.1 Å². The van der Waals surface area contributed by atoms with Crippen molar-refractivity contribution in [3.63, 3.8) is 0 Å². The van der Waals surface area contributed by atoms with Crippen molar-refractivity contribution in [2.75, 3.05) is 33.3 Å². The van der Waals surface area contributed by atoms with Gasteiger partial charge < -0.3 is 15.0 Å². The van der Waals surface area contributed by atoms with Crippen molar-refractivity contribution in [3.8, 4) is 11.8 Å². The second kappa shape index (κ2) is 13.8. The lowest BCUT2D eigenvalue weighted by molar-refractivity contribution is 0.0645. The van der Waals surface area contributed by atoms with E-state index in [0.29, 0.717) is 49.4 Å². The zero-order valence-corrected chi connectivity index (χ0v) is 25.0. The summed E-state index contributed by atoms with van der Waals surface area (Å²) in [6.07, 6.45) is 3.34. The molecule has 3 aromatic rings. The van der Waals surface area contributed by atoms with Crippen molar-refractivity contribution in [1.82, 2.24) is 20.1 Å². The van der Waals surface area contributed by atoms with Crippen LogP contribution in [0.5, 0.6) is 5.75 Å². The van der Waals surface area contributed by atoms with E-state index in [9.17, 15) is 18.8 Å². The number of halogens is 1. The summed E-state index contributed by atoms with van der Waals surface area (Å²) in [6.45, 7) is 5.05. The summed E-state index contributed by atoms with van der Waals surface area (Å²) in [5.74, 6) is -0.156. The van der Waals surface area contributed by atoms with E-state index < -0.39 is 5.82 Å². The molecule has 1 N–H and O–H groups in total. The SMILES string of the molecule is COc1ccc(C(=O)C2CCN(C(=O)c3ccc(C(=O)N[C@@H]4CCN(Cc5ccc(C#N)c(F)c5)C[C@@H]4C)cn3)CC2)cc1. The molecular weight excluding hydrogens is 561 g/mol. The zero-order chi connectivity index (χ0) is 31.2. The number of benzene rings is 2. The molecule has 0 saturated carbocycles. The third-order valence-electron chi connectivity index (χ3n) is 8.64. The molecule has 0 unspecified atom stereocenters. The Morgan fingerprint density at radius 2 is 1.75 bits per heavy atom. The molecule has 0 bridgehead atoms. The van der Waals surface area contributed by atoms with Crippen LogP contribution in [0, 0.1) is 29.0 Å². The number of aromatic nitrogens is 1. The number of hydrogen-bond donors (Lipinski definition) is 1. The number of carbonyl (C=O) groups excluding carboxylic acids is 3. The van der Waals surface area contributed by atoms with Crippen LogP contribution in [-0.2, 0) is 6.54 Å². The molecular formula is C34H36FN5O4. The highest BCUT2D eigenvalue weighted by Gasteiger charge is 2.30. The van der Waals surface area contributed by atoms with Crippen LogP contribution < -0.4 is 10.1 Å². The smallest absolute Gasteiger partial charge is 0.272 e. The Hall–Kier alpha value is -4.62. The molecule has 2 amide bonds. The number of Topliss-reactive ketones (excluding diaryl/α,β-unsaturated/α-hetero) is 1. The first-order valence-corrected chi connectivity index (χ1v) is 14.9. The maximum atomic E-state index is 14.0. The maximum Gasteiger partial charge on any atom is 0.272 e. The summed E-state index contributed by atoms with van der Waals surface area (Å²) in [5, 5.41) is 12.0. The number of likely N-dealkylation sites (tertiary alicyclic amines) is 2. The Balaban J connectivity index is 1.09. The summed E-state index contributed by atoms with van der Waals surface area (Å²) in [4.78, 5) is 47.2. The first-order chi connectivity index (χ1) is 21.2. The van der Waals surface area contributed by atoms with Gasteiger partial charge in [-0.1, -0.05) is 13.0 Å². The number of nitrogens with zero attached hydrogens (tertiary/aromatic N) is 4. The van der Waals surface area contributed by atoms with Crippen LogP contribution in [0.15, 0.2) is 60.8 Å². The van der Waals surface area contributed by atoms with Crippen molar-refractivity contribution >= 4 is 17.6 Å². The molecule has 228 valence electrons. The van der Waals surface area contributed by atoms with Gasteiger partial charge >= 0.3 is 0 Å². The number of pyridine rings is 1. The van der Waals surface area contributed by atoms with Crippen LogP contribution in [0.1, 0.15) is 68.5 Å². The standard InChI is InChI=1S/C34H36FN5O4/c1-22-20-39(21-23-3-4-26(18-36)29(35)17-23)14-13-30(22)38-33(42)27-7-10-31(37-19-27)34(43)40-15-11-25(12-16-40)32(41)24-5-8-28(44-2)9-6-24/h3-10,17,19,22,25,30H,11-16,20-21H2,1-2H3,(H,38,42)/t22-,30+/m0/s1. The topological polar surface area (TPSA) is 116 Å². The largest absolute Gasteiger partial charge is 0.497 e. The van der Waals surface area contributed by atoms with Gasteiger partial charge in [0.25, 0.3) is 11.8 Å². The van der Waals surface area contributed by atoms with Gasteiger partial charge in [-0.2, -0.15) is 5.26 Å². The second-order valence-corrected chi connectivity index (χ2v) is 11.6. The molecule has 2 aromatic carbocycles. The number of hydrogen-bond acceptors (Lipinski definition) is 7. The Morgan fingerprint density at radius 3 is 2.36 bits per heavy atom. The Bertz CT molecular complexity index is 1550. The van der Waals surface area contributed by atoms with Gasteiger partial charge in [-0.15, -0.1) is 0 Å². The number of ketones is 1. The Labute approximate surface area is 256 Å². The molecule has 2 aliphatic heterocycles. The number of methoxy groups -OCH3 is 1. The van der Waals surface area contributed by atoms with E-state index in [4.69, 9.17) is 10.00 Å². The fraction of sp³-hybridized carbons (Fsp3) is 0.382. The lowest BCUT2D eigenvalue weighted by atomic mass is 9.88. The highest BCUT2D eigenvalue weighted by atomic mass is 19.1. The normalized spacial score (nSPS) is 19.2. The fourth-order valence-electron chi connectivity index (χ4n) is 6.00. The monoisotopic (exact) mass is 597 g/mol. The van der Waals surface area contributed by atoms with E-state index in [-0.39, 0.29) is 46.7 Å². The first kappa shape index (κ1) is 30.8. The summed E-state index contributed by atoms with van der Waals surface area (Å²) >= 11 is 0. The fourth-order valence-corrected chi connectivity index (χ4v) is 6.00.